The van der Waals surface area contributed by atoms with Crippen LogP contribution in [0.4, 0.5) is 0 Å². The number of rotatable bonds is 3. The SMILES string of the molecule is CCN=C(NC1CCN(C(C)=O)CC1)NC1C2CCCOC2C1(C)C. The van der Waals surface area contributed by atoms with Gasteiger partial charge < -0.3 is 20.3 Å². The molecule has 3 rings (SSSR count). The van der Waals surface area contributed by atoms with Crippen LogP contribution in [0.15, 0.2) is 4.99 Å². The standard InChI is InChI=1S/C19H34N4O2/c1-5-20-18(21-14-8-10-23(11-9-14)13(2)24)22-16-15-7-6-12-25-17(15)19(16,3)4/h14-17H,5-12H2,1-4H3,(H2,20,21,22). The number of nitrogens with one attached hydrogen (secondary N) is 2. The van der Waals surface area contributed by atoms with E-state index in [1.54, 1.807) is 6.92 Å². The van der Waals surface area contributed by atoms with Gasteiger partial charge in [-0.1, -0.05) is 13.8 Å². The monoisotopic (exact) mass is 350 g/mol. The fraction of sp³-hybridized carbons (Fsp3) is 0.895. The molecule has 2 N–H and O–H groups in total. The number of piperidine rings is 1. The molecule has 2 aliphatic heterocycles. The zero-order valence-corrected chi connectivity index (χ0v) is 16.2. The van der Waals surface area contributed by atoms with Crippen LogP contribution in [-0.2, 0) is 9.53 Å². The zero-order chi connectivity index (χ0) is 18.0. The van der Waals surface area contributed by atoms with Crippen LogP contribution in [0.5, 0.6) is 0 Å². The first-order valence-electron chi connectivity index (χ1n) is 9.88. The Morgan fingerprint density at radius 2 is 1.96 bits per heavy atom. The van der Waals surface area contributed by atoms with Crippen LogP contribution in [0.1, 0.15) is 53.4 Å². The number of nitrogens with zero attached hydrogens (tertiary/aromatic N) is 2. The molecule has 0 bridgehead atoms. The molecule has 6 nitrogen and oxygen atoms in total. The van der Waals surface area contributed by atoms with E-state index in [1.165, 1.54) is 6.42 Å². The van der Waals surface area contributed by atoms with Gasteiger partial charge in [-0.25, -0.2) is 0 Å². The lowest BCUT2D eigenvalue weighted by atomic mass is 9.55. The number of carbonyl (C=O) groups excluding carboxylic acids is 1. The largest absolute Gasteiger partial charge is 0.377 e. The zero-order valence-electron chi connectivity index (χ0n) is 16.2. The molecule has 0 aromatic carbocycles. The van der Waals surface area contributed by atoms with Gasteiger partial charge in [0.2, 0.25) is 5.91 Å². The summed E-state index contributed by atoms with van der Waals surface area (Å²) >= 11 is 0. The van der Waals surface area contributed by atoms with Crippen molar-refractivity contribution >= 4 is 11.9 Å². The van der Waals surface area contributed by atoms with Gasteiger partial charge >= 0.3 is 0 Å². The fourth-order valence-corrected chi connectivity index (χ4v) is 4.79. The summed E-state index contributed by atoms with van der Waals surface area (Å²) in [5.41, 5.74) is 0.138. The summed E-state index contributed by atoms with van der Waals surface area (Å²) < 4.78 is 6.01. The minimum absolute atomic E-state index is 0.138. The van der Waals surface area contributed by atoms with Gasteiger partial charge in [0.15, 0.2) is 5.96 Å². The van der Waals surface area contributed by atoms with Crippen molar-refractivity contribution in [1.29, 1.82) is 0 Å². The molecule has 0 aromatic rings. The normalized spacial score (nSPS) is 32.6. The van der Waals surface area contributed by atoms with E-state index in [9.17, 15) is 4.79 Å². The van der Waals surface area contributed by atoms with Crippen molar-refractivity contribution in [2.45, 2.75) is 71.6 Å². The molecule has 6 heteroatoms. The molecule has 3 unspecified atom stereocenters. The Labute approximate surface area is 151 Å². The molecule has 1 amide bonds. The van der Waals surface area contributed by atoms with Crippen molar-refractivity contribution in [2.24, 2.45) is 16.3 Å². The number of ether oxygens (including phenoxy) is 1. The third kappa shape index (κ3) is 3.78. The summed E-state index contributed by atoms with van der Waals surface area (Å²) in [5, 5.41) is 7.31. The summed E-state index contributed by atoms with van der Waals surface area (Å²) in [4.78, 5) is 18.1. The molecular formula is C19H34N4O2. The number of hydrogen-bond donors (Lipinski definition) is 2. The lowest BCUT2D eigenvalue weighted by molar-refractivity contribution is -0.188. The highest BCUT2D eigenvalue weighted by Gasteiger charge is 2.58. The third-order valence-electron chi connectivity index (χ3n) is 6.22. The van der Waals surface area contributed by atoms with Crippen molar-refractivity contribution < 1.29 is 9.53 Å². The van der Waals surface area contributed by atoms with Crippen LogP contribution in [0.3, 0.4) is 0 Å². The van der Waals surface area contributed by atoms with Gasteiger partial charge in [-0.15, -0.1) is 0 Å². The lowest BCUT2D eigenvalue weighted by Crippen LogP contribution is -2.71. The first-order chi connectivity index (χ1) is 11.9. The number of hydrogen-bond acceptors (Lipinski definition) is 3. The molecule has 0 aromatic heterocycles. The Morgan fingerprint density at radius 3 is 2.60 bits per heavy atom. The van der Waals surface area contributed by atoms with E-state index < -0.39 is 0 Å². The fourth-order valence-electron chi connectivity index (χ4n) is 4.79. The van der Waals surface area contributed by atoms with Crippen molar-refractivity contribution in [2.75, 3.05) is 26.2 Å². The number of amides is 1. The predicted molar refractivity (Wildman–Crippen MR) is 99.6 cm³/mol. The average molecular weight is 351 g/mol. The molecule has 1 aliphatic carbocycles. The first-order valence-corrected chi connectivity index (χ1v) is 9.88. The third-order valence-corrected chi connectivity index (χ3v) is 6.22. The summed E-state index contributed by atoms with van der Waals surface area (Å²) in [7, 11) is 0. The number of guanidine groups is 1. The van der Waals surface area contributed by atoms with Crippen LogP contribution in [-0.4, -0.2) is 61.2 Å². The quantitative estimate of drug-likeness (QED) is 0.601. The number of aliphatic imine (C=N–C) groups is 1. The van der Waals surface area contributed by atoms with E-state index in [1.807, 2.05) is 4.90 Å². The summed E-state index contributed by atoms with van der Waals surface area (Å²) in [6, 6.07) is 0.794. The van der Waals surface area contributed by atoms with E-state index in [2.05, 4.69) is 36.4 Å². The first kappa shape index (κ1) is 18.5. The van der Waals surface area contributed by atoms with Gasteiger partial charge in [0.1, 0.15) is 0 Å². The van der Waals surface area contributed by atoms with Gasteiger partial charge in [-0.2, -0.15) is 0 Å². The van der Waals surface area contributed by atoms with Gasteiger partial charge in [0.05, 0.1) is 6.10 Å². The minimum atomic E-state index is 0.138. The second kappa shape index (κ2) is 7.52. The molecule has 142 valence electrons. The topological polar surface area (TPSA) is 66.0 Å². The Kier molecular flexibility index (Phi) is 5.56. The highest BCUT2D eigenvalue weighted by atomic mass is 16.5. The van der Waals surface area contributed by atoms with Crippen LogP contribution in [0.2, 0.25) is 0 Å². The Morgan fingerprint density at radius 1 is 1.24 bits per heavy atom. The Bertz CT molecular complexity index is 512. The van der Waals surface area contributed by atoms with Crippen molar-refractivity contribution in [1.82, 2.24) is 15.5 Å². The Balaban J connectivity index is 1.57. The molecule has 0 spiro atoms. The van der Waals surface area contributed by atoms with Crippen molar-refractivity contribution in [3.05, 3.63) is 0 Å². The highest BCUT2D eigenvalue weighted by Crippen LogP contribution is 2.51. The van der Waals surface area contributed by atoms with E-state index in [0.717, 1.165) is 51.5 Å². The summed E-state index contributed by atoms with van der Waals surface area (Å²) in [5.74, 6) is 1.69. The average Bonchev–Trinajstić information content (AvgIpc) is 2.60. The molecule has 0 radical (unpaired) electrons. The van der Waals surface area contributed by atoms with E-state index in [4.69, 9.17) is 4.74 Å². The van der Waals surface area contributed by atoms with Crippen LogP contribution < -0.4 is 10.6 Å². The Hall–Kier alpha value is -1.30. The van der Waals surface area contributed by atoms with E-state index in [0.29, 0.717) is 24.1 Å². The second-order valence-corrected chi connectivity index (χ2v) is 8.29. The molecule has 2 saturated heterocycles. The van der Waals surface area contributed by atoms with Gasteiger partial charge in [-0.3, -0.25) is 9.79 Å². The molecule has 3 atom stereocenters. The second-order valence-electron chi connectivity index (χ2n) is 8.29. The molecule has 2 heterocycles. The van der Waals surface area contributed by atoms with Gasteiger partial charge in [0.25, 0.3) is 0 Å². The molecule has 25 heavy (non-hydrogen) atoms. The predicted octanol–water partition coefficient (Wildman–Crippen LogP) is 1.76. The van der Waals surface area contributed by atoms with Crippen molar-refractivity contribution in [3.63, 3.8) is 0 Å². The number of carbonyl (C=O) groups is 1. The smallest absolute Gasteiger partial charge is 0.219 e. The number of likely N-dealkylation sites (tertiary alicyclic amines) is 1. The van der Waals surface area contributed by atoms with Gasteiger partial charge in [0, 0.05) is 56.6 Å². The molecular weight excluding hydrogens is 316 g/mol. The molecule has 3 aliphatic rings. The van der Waals surface area contributed by atoms with E-state index >= 15 is 0 Å². The molecule has 3 fully saturated rings. The maximum absolute atomic E-state index is 11.5. The van der Waals surface area contributed by atoms with Crippen LogP contribution >= 0.6 is 0 Å². The number of fused-ring (bicyclic) bond motifs is 1. The lowest BCUT2D eigenvalue weighted by Gasteiger charge is -2.60. The molecule has 1 saturated carbocycles. The van der Waals surface area contributed by atoms with Gasteiger partial charge in [-0.05, 0) is 32.6 Å². The van der Waals surface area contributed by atoms with Crippen LogP contribution in [0.25, 0.3) is 0 Å². The minimum Gasteiger partial charge on any atom is -0.377 e. The van der Waals surface area contributed by atoms with E-state index in [-0.39, 0.29) is 11.3 Å². The summed E-state index contributed by atoms with van der Waals surface area (Å²) in [6.45, 7) is 11.7. The highest BCUT2D eigenvalue weighted by molar-refractivity contribution is 5.81. The van der Waals surface area contributed by atoms with Crippen LogP contribution in [0, 0.1) is 11.3 Å². The summed E-state index contributed by atoms with van der Waals surface area (Å²) in [6.07, 6.45) is 4.73. The maximum atomic E-state index is 11.5. The van der Waals surface area contributed by atoms with Crippen molar-refractivity contribution in [3.8, 4) is 0 Å². The maximum Gasteiger partial charge on any atom is 0.219 e.